The van der Waals surface area contributed by atoms with Gasteiger partial charge in [-0.2, -0.15) is 0 Å². The summed E-state index contributed by atoms with van der Waals surface area (Å²) >= 11 is 0. The minimum atomic E-state index is -0.367. The van der Waals surface area contributed by atoms with Gasteiger partial charge in [0.05, 0.1) is 24.4 Å². The number of furan rings is 1. The van der Waals surface area contributed by atoms with Crippen LogP contribution in [0, 0.1) is 6.92 Å². The maximum Gasteiger partial charge on any atom is 0.498 e. The summed E-state index contributed by atoms with van der Waals surface area (Å²) in [6, 6.07) is 2.04. The van der Waals surface area contributed by atoms with Crippen molar-refractivity contribution in [1.29, 1.82) is 0 Å². The molecule has 0 N–H and O–H groups in total. The van der Waals surface area contributed by atoms with Gasteiger partial charge in [0.2, 0.25) is 0 Å². The fourth-order valence-electron chi connectivity index (χ4n) is 2.62. The van der Waals surface area contributed by atoms with Crippen LogP contribution in [0.3, 0.4) is 0 Å². The van der Waals surface area contributed by atoms with Gasteiger partial charge >= 0.3 is 7.12 Å². The van der Waals surface area contributed by atoms with Gasteiger partial charge in [0.1, 0.15) is 5.76 Å². The molecule has 2 saturated heterocycles. The van der Waals surface area contributed by atoms with Gasteiger partial charge < -0.3 is 23.4 Å². The zero-order valence-corrected chi connectivity index (χ0v) is 13.6. The molecule has 0 aliphatic carbocycles. The van der Waals surface area contributed by atoms with Crippen LogP contribution in [-0.4, -0.2) is 44.6 Å². The van der Waals surface area contributed by atoms with Gasteiger partial charge in [0.25, 0.3) is 0 Å². The second kappa shape index (κ2) is 5.04. The van der Waals surface area contributed by atoms with Gasteiger partial charge in [0, 0.05) is 24.6 Å². The van der Waals surface area contributed by atoms with Crippen LogP contribution in [0.4, 0.5) is 5.88 Å². The summed E-state index contributed by atoms with van der Waals surface area (Å²) in [5, 5.41) is 0. The molecule has 0 unspecified atom stereocenters. The zero-order chi connectivity index (χ0) is 15.3. The predicted molar refractivity (Wildman–Crippen MR) is 82.2 cm³/mol. The smallest absolute Gasteiger partial charge is 0.446 e. The Morgan fingerprint density at radius 2 is 1.62 bits per heavy atom. The van der Waals surface area contributed by atoms with Crippen LogP contribution in [0.5, 0.6) is 0 Å². The Labute approximate surface area is 126 Å². The zero-order valence-electron chi connectivity index (χ0n) is 13.6. The van der Waals surface area contributed by atoms with E-state index in [-0.39, 0.29) is 18.3 Å². The van der Waals surface area contributed by atoms with E-state index < -0.39 is 0 Å². The summed E-state index contributed by atoms with van der Waals surface area (Å²) in [4.78, 5) is 2.20. The summed E-state index contributed by atoms with van der Waals surface area (Å²) in [7, 11) is -0.367. The Hall–Kier alpha value is -0.975. The molecular weight excluding hydrogens is 269 g/mol. The van der Waals surface area contributed by atoms with Gasteiger partial charge in [-0.05, 0) is 34.6 Å². The number of morpholine rings is 1. The maximum absolute atomic E-state index is 6.11. The third-order valence-corrected chi connectivity index (χ3v) is 4.77. The van der Waals surface area contributed by atoms with E-state index in [9.17, 15) is 0 Å². The monoisotopic (exact) mass is 293 g/mol. The third kappa shape index (κ3) is 2.60. The molecule has 2 fully saturated rings. The van der Waals surface area contributed by atoms with E-state index in [2.05, 4.69) is 32.6 Å². The first-order valence-electron chi connectivity index (χ1n) is 7.59. The molecule has 2 aliphatic heterocycles. The summed E-state index contributed by atoms with van der Waals surface area (Å²) in [6.07, 6.45) is 0. The van der Waals surface area contributed by atoms with Crippen molar-refractivity contribution < 1.29 is 18.5 Å². The topological polar surface area (TPSA) is 44.1 Å². The Balaban J connectivity index is 1.82. The maximum atomic E-state index is 6.11. The molecule has 6 heteroatoms. The standard InChI is InChI=1S/C15H24BNO4/c1-11-12(16-20-14(2,3)15(4,5)21-16)10-13(19-11)17-6-8-18-9-7-17/h10H,6-9H2,1-5H3. The summed E-state index contributed by atoms with van der Waals surface area (Å²) in [5.41, 5.74) is 0.316. The van der Waals surface area contributed by atoms with E-state index in [1.54, 1.807) is 0 Å². The third-order valence-electron chi connectivity index (χ3n) is 4.77. The van der Waals surface area contributed by atoms with Crippen LogP contribution in [0.2, 0.25) is 0 Å². The average molecular weight is 293 g/mol. The average Bonchev–Trinajstić information content (AvgIpc) is 2.89. The van der Waals surface area contributed by atoms with Crippen molar-refractivity contribution in [2.24, 2.45) is 0 Å². The minimum absolute atomic E-state index is 0.333. The Morgan fingerprint density at radius 1 is 1.05 bits per heavy atom. The van der Waals surface area contributed by atoms with Gasteiger partial charge in [-0.1, -0.05) is 0 Å². The van der Waals surface area contributed by atoms with Crippen LogP contribution in [0.25, 0.3) is 0 Å². The Kier molecular flexibility index (Phi) is 3.58. The molecular formula is C15H24BNO4. The fourth-order valence-corrected chi connectivity index (χ4v) is 2.62. The van der Waals surface area contributed by atoms with Crippen LogP contribution < -0.4 is 10.4 Å². The van der Waals surface area contributed by atoms with Crippen molar-refractivity contribution in [3.05, 3.63) is 11.8 Å². The molecule has 0 atom stereocenters. The highest BCUT2D eigenvalue weighted by Crippen LogP contribution is 2.37. The quantitative estimate of drug-likeness (QED) is 0.777. The normalized spacial score (nSPS) is 24.6. The van der Waals surface area contributed by atoms with Gasteiger partial charge in [0.15, 0.2) is 5.88 Å². The van der Waals surface area contributed by atoms with E-state index >= 15 is 0 Å². The minimum Gasteiger partial charge on any atom is -0.446 e. The lowest BCUT2D eigenvalue weighted by Gasteiger charge is -2.32. The molecule has 1 aromatic heterocycles. The lowest BCUT2D eigenvalue weighted by Crippen LogP contribution is -2.41. The highest BCUT2D eigenvalue weighted by molar-refractivity contribution is 6.62. The second-order valence-electron chi connectivity index (χ2n) is 6.78. The molecule has 21 heavy (non-hydrogen) atoms. The van der Waals surface area contributed by atoms with Crippen molar-refractivity contribution in [1.82, 2.24) is 0 Å². The first-order valence-corrected chi connectivity index (χ1v) is 7.59. The molecule has 0 aromatic carbocycles. The lowest BCUT2D eigenvalue weighted by molar-refractivity contribution is 0.00578. The molecule has 0 spiro atoms. The molecule has 3 heterocycles. The molecule has 2 aliphatic rings. The number of hydrogen-bond acceptors (Lipinski definition) is 5. The number of aryl methyl sites for hydroxylation is 1. The molecule has 3 rings (SSSR count). The van der Waals surface area contributed by atoms with E-state index in [4.69, 9.17) is 18.5 Å². The van der Waals surface area contributed by atoms with Crippen molar-refractivity contribution in [2.75, 3.05) is 31.2 Å². The van der Waals surface area contributed by atoms with Gasteiger partial charge in [-0.3, -0.25) is 0 Å². The first kappa shape index (κ1) is 14.9. The molecule has 0 radical (unpaired) electrons. The lowest BCUT2D eigenvalue weighted by atomic mass is 9.79. The molecule has 0 saturated carbocycles. The van der Waals surface area contributed by atoms with Crippen LogP contribution in [-0.2, 0) is 14.0 Å². The molecule has 1 aromatic rings. The van der Waals surface area contributed by atoms with E-state index in [0.717, 1.165) is 43.4 Å². The van der Waals surface area contributed by atoms with E-state index in [1.807, 2.05) is 13.0 Å². The second-order valence-corrected chi connectivity index (χ2v) is 6.78. The highest BCUT2D eigenvalue weighted by atomic mass is 16.7. The molecule has 116 valence electrons. The van der Waals surface area contributed by atoms with Gasteiger partial charge in [-0.15, -0.1) is 0 Å². The van der Waals surface area contributed by atoms with Crippen molar-refractivity contribution in [2.45, 2.75) is 45.8 Å². The van der Waals surface area contributed by atoms with Gasteiger partial charge in [-0.25, -0.2) is 0 Å². The SMILES string of the molecule is Cc1oc(N2CCOCC2)cc1B1OC(C)(C)C(C)(C)O1. The number of anilines is 1. The van der Waals surface area contributed by atoms with E-state index in [0.29, 0.717) is 0 Å². The largest absolute Gasteiger partial charge is 0.498 e. The van der Waals surface area contributed by atoms with Crippen LogP contribution >= 0.6 is 0 Å². The van der Waals surface area contributed by atoms with Crippen molar-refractivity contribution in [3.63, 3.8) is 0 Å². The number of hydrogen-bond donors (Lipinski definition) is 0. The first-order chi connectivity index (χ1) is 9.80. The van der Waals surface area contributed by atoms with Crippen molar-refractivity contribution >= 4 is 18.5 Å². The molecule has 0 bridgehead atoms. The van der Waals surface area contributed by atoms with Crippen LogP contribution in [0.1, 0.15) is 33.5 Å². The Bertz CT molecular complexity index is 504. The fraction of sp³-hybridized carbons (Fsp3) is 0.733. The molecule has 5 nitrogen and oxygen atoms in total. The van der Waals surface area contributed by atoms with Crippen LogP contribution in [0.15, 0.2) is 10.5 Å². The Morgan fingerprint density at radius 3 is 2.19 bits per heavy atom. The summed E-state index contributed by atoms with van der Waals surface area (Å²) < 4.78 is 23.5. The summed E-state index contributed by atoms with van der Waals surface area (Å²) in [6.45, 7) is 13.4. The summed E-state index contributed by atoms with van der Waals surface area (Å²) in [5.74, 6) is 1.73. The van der Waals surface area contributed by atoms with Crippen molar-refractivity contribution in [3.8, 4) is 0 Å². The predicted octanol–water partition coefficient (Wildman–Crippen LogP) is 1.72. The molecule has 0 amide bonds. The number of rotatable bonds is 2. The number of ether oxygens (including phenoxy) is 1. The number of nitrogens with zero attached hydrogens (tertiary/aromatic N) is 1. The highest BCUT2D eigenvalue weighted by Gasteiger charge is 2.52. The van der Waals surface area contributed by atoms with E-state index in [1.165, 1.54) is 0 Å².